The van der Waals surface area contributed by atoms with E-state index in [9.17, 15) is 9.22 Å². The molecule has 0 aliphatic rings. The van der Waals surface area contributed by atoms with Crippen molar-refractivity contribution in [2.24, 2.45) is 0 Å². The standard InChI is InChI=1S/C69H74N3O.Pt/c1-43-35-61(56(45-21-18-17-19-22-45)42-55(43)46-27-31-51(32-28-46)66(5,6)7)72-60-24-20-23-54(62(60)71-64(72)57-40-53(68(11,12)13)41-58(63(57)73)69(14,15)16)48-36-49(38-52(37-48)67(8,9)10)59-39-47(33-34-70-59)44-25-29-50(30-26-44)65(2,3)4;/h17-35,37-42,73H,1-16H3;/q-1;/i1D3,2D3,3D3,4D3;. The number of aromatic nitrogens is 3. The van der Waals surface area contributed by atoms with Gasteiger partial charge in [0, 0.05) is 60.5 Å². The van der Waals surface area contributed by atoms with Crippen molar-refractivity contribution in [3.63, 3.8) is 0 Å². The fourth-order valence-electron chi connectivity index (χ4n) is 9.52. The number of nitrogens with zero attached hydrogens (tertiary/aromatic N) is 3. The SMILES string of the molecule is [2H]C([2H])([2H])c1cc(-n2c(-c3cc(C(C)(C)C)cc(C(C)(C)C)c3O)nc3c(-c4[c-]c(-c5cc(-c6ccc(C(C([2H])([2H])[2H])(C([2H])([2H])[2H])C([2H])([2H])[2H])cc6)ccn5)cc(C(C)(C)C)c4)cccc32)c(-c2ccccc2)cc1-c1ccc(C(C)(C)C)cc1.[Pt]. The zero-order valence-electron chi connectivity index (χ0n) is 56.5. The minimum atomic E-state index is -3.40. The first-order valence-electron chi connectivity index (χ1n) is 31.0. The molecule has 0 unspecified atom stereocenters. The van der Waals surface area contributed by atoms with Crippen molar-refractivity contribution < 1.29 is 42.6 Å². The Morgan fingerprint density at radius 3 is 1.69 bits per heavy atom. The van der Waals surface area contributed by atoms with E-state index < -0.39 is 43.7 Å². The molecule has 2 heterocycles. The van der Waals surface area contributed by atoms with Crippen LogP contribution in [-0.4, -0.2) is 19.6 Å². The van der Waals surface area contributed by atoms with Gasteiger partial charge < -0.3 is 5.11 Å². The number of phenols is 1. The van der Waals surface area contributed by atoms with Gasteiger partial charge in [-0.25, -0.2) is 4.98 Å². The number of pyridine rings is 1. The second-order valence-electron chi connectivity index (χ2n) is 23.7. The van der Waals surface area contributed by atoms with E-state index >= 15 is 0 Å². The normalized spacial score (nSPS) is 15.6. The van der Waals surface area contributed by atoms with Gasteiger partial charge >= 0.3 is 0 Å². The molecule has 0 amide bonds. The maximum Gasteiger partial charge on any atom is 0.148 e. The fourth-order valence-corrected chi connectivity index (χ4v) is 9.52. The van der Waals surface area contributed by atoms with Gasteiger partial charge in [0.05, 0.1) is 22.3 Å². The van der Waals surface area contributed by atoms with Gasteiger partial charge in [-0.15, -0.1) is 29.3 Å². The van der Waals surface area contributed by atoms with Crippen molar-refractivity contribution in [1.29, 1.82) is 0 Å². The molecule has 0 aliphatic heterocycles. The molecule has 382 valence electrons. The number of hydrogen-bond acceptors (Lipinski definition) is 3. The smallest absolute Gasteiger partial charge is 0.148 e. The molecule has 74 heavy (non-hydrogen) atoms. The minimum Gasteiger partial charge on any atom is -0.507 e. The van der Waals surface area contributed by atoms with Crippen LogP contribution in [0.3, 0.4) is 0 Å². The molecule has 4 nitrogen and oxygen atoms in total. The molecular formula is C69H74N3OPt-. The summed E-state index contributed by atoms with van der Waals surface area (Å²) >= 11 is 0. The van der Waals surface area contributed by atoms with E-state index in [1.807, 2.05) is 89.5 Å². The Morgan fingerprint density at radius 1 is 0.486 bits per heavy atom. The monoisotopic (exact) mass is 1170 g/mol. The van der Waals surface area contributed by atoms with Crippen LogP contribution in [-0.2, 0) is 48.1 Å². The van der Waals surface area contributed by atoms with E-state index in [2.05, 4.69) is 113 Å². The summed E-state index contributed by atoms with van der Waals surface area (Å²) in [5.41, 5.74) is 7.89. The number of imidazole rings is 1. The maximum absolute atomic E-state index is 12.8. The fraction of sp³-hybridized carbons (Fsp3) is 0.304. The first-order chi connectivity index (χ1) is 39.1. The quantitative estimate of drug-likeness (QED) is 0.162. The largest absolute Gasteiger partial charge is 0.507 e. The molecule has 0 saturated carbocycles. The first kappa shape index (κ1) is 40.0. The van der Waals surface area contributed by atoms with E-state index in [1.165, 1.54) is 24.3 Å². The molecule has 1 N–H and O–H groups in total. The predicted molar refractivity (Wildman–Crippen MR) is 310 cm³/mol. The van der Waals surface area contributed by atoms with Gasteiger partial charge in [-0.1, -0.05) is 218 Å². The average molecular weight is 1170 g/mol. The molecule has 0 saturated heterocycles. The van der Waals surface area contributed by atoms with Crippen molar-refractivity contribution >= 4 is 11.0 Å². The Bertz CT molecular complexity index is 3940. The number of phenolic OH excluding ortho intramolecular Hbond substituents is 1. The third-order valence-electron chi connectivity index (χ3n) is 13.9. The summed E-state index contributed by atoms with van der Waals surface area (Å²) in [7, 11) is 0. The van der Waals surface area contributed by atoms with E-state index in [4.69, 9.17) is 22.3 Å². The van der Waals surface area contributed by atoms with Crippen LogP contribution in [0.2, 0.25) is 0 Å². The number of benzene rings is 7. The van der Waals surface area contributed by atoms with Crippen molar-refractivity contribution in [2.45, 2.75) is 138 Å². The summed E-state index contributed by atoms with van der Waals surface area (Å²) in [6, 6.07) is 48.8. The molecule has 0 spiro atoms. The summed E-state index contributed by atoms with van der Waals surface area (Å²) in [6.07, 6.45) is 1.64. The zero-order valence-corrected chi connectivity index (χ0v) is 46.8. The van der Waals surface area contributed by atoms with Gasteiger partial charge in [0.2, 0.25) is 0 Å². The Labute approximate surface area is 473 Å². The topological polar surface area (TPSA) is 50.9 Å². The summed E-state index contributed by atoms with van der Waals surface area (Å²) in [5, 5.41) is 12.8. The predicted octanol–water partition coefficient (Wildman–Crippen LogP) is 18.7. The zero-order chi connectivity index (χ0) is 62.6. The first-order valence-corrected chi connectivity index (χ1v) is 25.0. The Balaban J connectivity index is 0.00000961. The van der Waals surface area contributed by atoms with Gasteiger partial charge in [0.25, 0.3) is 0 Å². The molecule has 5 heteroatoms. The van der Waals surface area contributed by atoms with Crippen molar-refractivity contribution in [1.82, 2.24) is 14.5 Å². The van der Waals surface area contributed by atoms with Crippen LogP contribution in [0, 0.1) is 12.9 Å². The molecule has 9 aromatic rings. The van der Waals surface area contributed by atoms with Crippen LogP contribution in [0.15, 0.2) is 152 Å². The van der Waals surface area contributed by atoms with E-state index in [0.29, 0.717) is 67.2 Å². The molecule has 2 aromatic heterocycles. The van der Waals surface area contributed by atoms with Crippen molar-refractivity contribution in [3.05, 3.63) is 191 Å². The third kappa shape index (κ3) is 10.8. The summed E-state index contributed by atoms with van der Waals surface area (Å²) < 4.78 is 104. The van der Waals surface area contributed by atoms with Crippen LogP contribution in [0.25, 0.3) is 83.9 Å². The second-order valence-corrected chi connectivity index (χ2v) is 23.7. The maximum atomic E-state index is 12.8. The van der Waals surface area contributed by atoms with Gasteiger partial charge in [-0.05, 0) is 114 Å². The Morgan fingerprint density at radius 2 is 1.08 bits per heavy atom. The molecule has 0 aliphatic carbocycles. The summed E-state index contributed by atoms with van der Waals surface area (Å²) in [4.78, 5) is 10.5. The molecule has 0 atom stereocenters. The van der Waals surface area contributed by atoms with Gasteiger partial charge in [-0.3, -0.25) is 9.55 Å². The van der Waals surface area contributed by atoms with Crippen LogP contribution >= 0.6 is 0 Å². The van der Waals surface area contributed by atoms with Crippen LogP contribution in [0.5, 0.6) is 5.75 Å². The summed E-state index contributed by atoms with van der Waals surface area (Å²) in [6.45, 7) is 12.6. The number of aromatic hydroxyl groups is 1. The van der Waals surface area contributed by atoms with Gasteiger partial charge in [0.1, 0.15) is 11.6 Å². The van der Waals surface area contributed by atoms with Crippen molar-refractivity contribution in [2.75, 3.05) is 0 Å². The summed E-state index contributed by atoms with van der Waals surface area (Å²) in [5.74, 6) is 0.454. The van der Waals surface area contributed by atoms with E-state index in [1.54, 1.807) is 18.3 Å². The second kappa shape index (κ2) is 19.7. The van der Waals surface area contributed by atoms with Crippen LogP contribution < -0.4 is 0 Å². The molecular weight excluding hydrogens is 1080 g/mol. The van der Waals surface area contributed by atoms with E-state index in [-0.39, 0.29) is 48.8 Å². The van der Waals surface area contributed by atoms with Gasteiger partial charge in [0.15, 0.2) is 0 Å². The number of aryl methyl sites for hydroxylation is 1. The number of rotatable bonds is 7. The van der Waals surface area contributed by atoms with Crippen LogP contribution in [0.4, 0.5) is 0 Å². The molecule has 9 rings (SSSR count). The number of hydrogen-bond donors (Lipinski definition) is 1. The minimum absolute atomic E-state index is 0. The third-order valence-corrected chi connectivity index (χ3v) is 13.9. The number of para-hydroxylation sites is 1. The number of fused-ring (bicyclic) bond motifs is 1. The molecule has 0 radical (unpaired) electrons. The average Bonchev–Trinajstić information content (AvgIpc) is 0.935. The van der Waals surface area contributed by atoms with Crippen LogP contribution in [0.1, 0.15) is 153 Å². The van der Waals surface area contributed by atoms with E-state index in [0.717, 1.165) is 38.9 Å². The molecule has 0 bridgehead atoms. The van der Waals surface area contributed by atoms with Crippen molar-refractivity contribution in [3.8, 4) is 78.6 Å². The molecule has 0 fully saturated rings. The van der Waals surface area contributed by atoms with Gasteiger partial charge in [-0.2, -0.15) is 0 Å². The Hall–Kier alpha value is -6.35. The Kier molecular flexibility index (Phi) is 10.7. The molecule has 7 aromatic carbocycles.